The molecule has 0 bridgehead atoms. The molecule has 2 saturated heterocycles. The molecule has 170 valence electrons. The first kappa shape index (κ1) is 23.2. The molecule has 2 aliphatic rings. The van der Waals surface area contributed by atoms with E-state index in [1.807, 2.05) is 0 Å². The van der Waals surface area contributed by atoms with Gasteiger partial charge in [-0.1, -0.05) is 32.9 Å². The lowest BCUT2D eigenvalue weighted by atomic mass is 9.87. The number of nitrogens with one attached hydrogen (secondary N) is 2. The number of likely N-dealkylation sites (tertiary alicyclic amines) is 1. The predicted octanol–water partition coefficient (Wildman–Crippen LogP) is 1.20. The fourth-order valence-electron chi connectivity index (χ4n) is 3.85. The number of amides is 4. The van der Waals surface area contributed by atoms with Gasteiger partial charge in [-0.3, -0.25) is 14.5 Å². The van der Waals surface area contributed by atoms with Crippen molar-refractivity contribution in [1.82, 2.24) is 19.8 Å². The standard InChI is InChI=1S/C21H30N4O5S/c1-21(2,3)15-4-6-17(7-5-15)31(29,30)23-11-8-18(26)24-12-9-16(10-13-24)25-19(27)14-22-20(25)28/h4-7,16,23H,8-14H2,1-3H3,(H,22,28). The molecule has 2 aliphatic heterocycles. The van der Waals surface area contributed by atoms with Crippen LogP contribution in [-0.2, 0) is 25.0 Å². The lowest BCUT2D eigenvalue weighted by Gasteiger charge is -2.35. The smallest absolute Gasteiger partial charge is 0.324 e. The largest absolute Gasteiger partial charge is 0.343 e. The molecule has 0 atom stereocenters. The molecular weight excluding hydrogens is 420 g/mol. The SMILES string of the molecule is CC(C)(C)c1ccc(S(=O)(=O)NCCC(=O)N2CCC(N3C(=O)CNC3=O)CC2)cc1. The lowest BCUT2D eigenvalue weighted by molar-refractivity contribution is -0.133. The van der Waals surface area contributed by atoms with Crippen molar-refractivity contribution in [1.29, 1.82) is 0 Å². The summed E-state index contributed by atoms with van der Waals surface area (Å²) in [5.74, 6) is -0.388. The van der Waals surface area contributed by atoms with Crippen molar-refractivity contribution in [2.75, 3.05) is 26.2 Å². The van der Waals surface area contributed by atoms with Gasteiger partial charge in [-0.2, -0.15) is 0 Å². The van der Waals surface area contributed by atoms with Gasteiger partial charge >= 0.3 is 6.03 Å². The summed E-state index contributed by atoms with van der Waals surface area (Å²) >= 11 is 0. The minimum absolute atomic E-state index is 0.00906. The van der Waals surface area contributed by atoms with E-state index in [1.54, 1.807) is 29.2 Å². The van der Waals surface area contributed by atoms with Gasteiger partial charge in [-0.15, -0.1) is 0 Å². The first-order valence-electron chi connectivity index (χ1n) is 10.5. The zero-order valence-electron chi connectivity index (χ0n) is 18.2. The first-order valence-corrected chi connectivity index (χ1v) is 12.0. The summed E-state index contributed by atoms with van der Waals surface area (Å²) in [5, 5.41) is 2.51. The predicted molar refractivity (Wildman–Crippen MR) is 115 cm³/mol. The number of nitrogens with zero attached hydrogens (tertiary/aromatic N) is 2. The van der Waals surface area contributed by atoms with E-state index in [9.17, 15) is 22.8 Å². The van der Waals surface area contributed by atoms with Crippen LogP contribution >= 0.6 is 0 Å². The van der Waals surface area contributed by atoms with Crippen LogP contribution in [0.25, 0.3) is 0 Å². The van der Waals surface area contributed by atoms with Crippen LogP contribution in [0.4, 0.5) is 4.79 Å². The zero-order chi connectivity index (χ0) is 22.8. The molecule has 2 heterocycles. The number of benzene rings is 1. The van der Waals surface area contributed by atoms with Gasteiger partial charge < -0.3 is 10.2 Å². The minimum Gasteiger partial charge on any atom is -0.343 e. The molecule has 0 aliphatic carbocycles. The average Bonchev–Trinajstić information content (AvgIpc) is 3.05. The Kier molecular flexibility index (Phi) is 6.70. The van der Waals surface area contributed by atoms with Crippen LogP contribution < -0.4 is 10.0 Å². The Morgan fingerprint density at radius 1 is 1.13 bits per heavy atom. The molecule has 2 fully saturated rings. The fourth-order valence-corrected chi connectivity index (χ4v) is 4.88. The van der Waals surface area contributed by atoms with E-state index in [4.69, 9.17) is 0 Å². The quantitative estimate of drug-likeness (QED) is 0.632. The zero-order valence-corrected chi connectivity index (χ0v) is 19.0. The van der Waals surface area contributed by atoms with Gasteiger partial charge in [0.25, 0.3) is 0 Å². The van der Waals surface area contributed by atoms with Gasteiger partial charge in [-0.25, -0.2) is 17.9 Å². The first-order chi connectivity index (χ1) is 14.5. The molecule has 2 N–H and O–H groups in total. The van der Waals surface area contributed by atoms with Crippen LogP contribution in [0, 0.1) is 0 Å². The molecule has 9 nitrogen and oxygen atoms in total. The Balaban J connectivity index is 1.47. The van der Waals surface area contributed by atoms with E-state index in [2.05, 4.69) is 30.8 Å². The fraction of sp³-hybridized carbons (Fsp3) is 0.571. The topological polar surface area (TPSA) is 116 Å². The third-order valence-corrected chi connectivity index (χ3v) is 7.20. The van der Waals surface area contributed by atoms with E-state index in [0.29, 0.717) is 25.9 Å². The number of piperidine rings is 1. The molecular formula is C21H30N4O5S. The molecule has 0 spiro atoms. The molecule has 4 amide bonds. The lowest BCUT2D eigenvalue weighted by Crippen LogP contribution is -2.49. The van der Waals surface area contributed by atoms with Crippen molar-refractivity contribution in [3.05, 3.63) is 29.8 Å². The van der Waals surface area contributed by atoms with Gasteiger partial charge in [-0.05, 0) is 36.0 Å². The molecule has 31 heavy (non-hydrogen) atoms. The summed E-state index contributed by atoms with van der Waals surface area (Å²) in [5.41, 5.74) is 0.972. The number of hydrogen-bond acceptors (Lipinski definition) is 5. The Morgan fingerprint density at radius 2 is 1.74 bits per heavy atom. The Labute approximate surface area is 183 Å². The molecule has 1 aromatic rings. The number of urea groups is 1. The molecule has 0 radical (unpaired) electrons. The van der Waals surface area contributed by atoms with E-state index in [-0.39, 0.29) is 53.7 Å². The molecule has 0 unspecified atom stereocenters. The number of carbonyl (C=O) groups excluding carboxylic acids is 3. The second kappa shape index (κ2) is 8.96. The van der Waals surface area contributed by atoms with Gasteiger partial charge in [0.1, 0.15) is 0 Å². The van der Waals surface area contributed by atoms with Crippen LogP contribution in [0.2, 0.25) is 0 Å². The van der Waals surface area contributed by atoms with Gasteiger partial charge in [0.15, 0.2) is 0 Å². The molecule has 0 aromatic heterocycles. The minimum atomic E-state index is -3.69. The van der Waals surface area contributed by atoms with Crippen LogP contribution in [0.15, 0.2) is 29.2 Å². The normalized spacial score (nSPS) is 18.4. The van der Waals surface area contributed by atoms with Crippen molar-refractivity contribution in [3.63, 3.8) is 0 Å². The van der Waals surface area contributed by atoms with Crippen molar-refractivity contribution < 1.29 is 22.8 Å². The molecule has 0 saturated carbocycles. The maximum absolute atomic E-state index is 12.5. The summed E-state index contributed by atoms with van der Waals surface area (Å²) in [6, 6.07) is 6.18. The maximum Gasteiger partial charge on any atom is 0.324 e. The summed E-state index contributed by atoms with van der Waals surface area (Å²) < 4.78 is 27.5. The Bertz CT molecular complexity index is 929. The van der Waals surface area contributed by atoms with E-state index in [1.165, 1.54) is 4.90 Å². The average molecular weight is 451 g/mol. The monoisotopic (exact) mass is 450 g/mol. The van der Waals surface area contributed by atoms with Gasteiger partial charge in [0.05, 0.1) is 11.4 Å². The highest BCUT2D eigenvalue weighted by Gasteiger charge is 2.37. The summed E-state index contributed by atoms with van der Waals surface area (Å²) in [7, 11) is -3.69. The third kappa shape index (κ3) is 5.43. The highest BCUT2D eigenvalue weighted by molar-refractivity contribution is 7.89. The van der Waals surface area contributed by atoms with Crippen LogP contribution in [0.3, 0.4) is 0 Å². The van der Waals surface area contributed by atoms with E-state index >= 15 is 0 Å². The third-order valence-electron chi connectivity index (χ3n) is 5.72. The number of imide groups is 1. The van der Waals surface area contributed by atoms with E-state index in [0.717, 1.165) is 5.56 Å². The summed E-state index contributed by atoms with van der Waals surface area (Å²) in [6.07, 6.45) is 1.10. The number of hydrogen-bond donors (Lipinski definition) is 2. The van der Waals surface area contributed by atoms with Crippen molar-refractivity contribution in [3.8, 4) is 0 Å². The van der Waals surface area contributed by atoms with Crippen LogP contribution in [0.5, 0.6) is 0 Å². The summed E-state index contributed by atoms with van der Waals surface area (Å²) in [6.45, 7) is 7.07. The van der Waals surface area contributed by atoms with Crippen LogP contribution in [-0.4, -0.2) is 68.3 Å². The molecule has 10 heteroatoms. The highest BCUT2D eigenvalue weighted by Crippen LogP contribution is 2.23. The summed E-state index contributed by atoms with van der Waals surface area (Å²) in [4.78, 5) is 39.1. The number of sulfonamides is 1. The van der Waals surface area contributed by atoms with Gasteiger partial charge in [0, 0.05) is 32.1 Å². The molecule has 3 rings (SSSR count). The molecule has 1 aromatic carbocycles. The van der Waals surface area contributed by atoms with E-state index < -0.39 is 10.0 Å². The van der Waals surface area contributed by atoms with Crippen LogP contribution in [0.1, 0.15) is 45.6 Å². The maximum atomic E-state index is 12.5. The van der Waals surface area contributed by atoms with Crippen molar-refractivity contribution >= 4 is 27.9 Å². The Hall–Kier alpha value is -2.46. The van der Waals surface area contributed by atoms with Crippen molar-refractivity contribution in [2.45, 2.75) is 56.4 Å². The highest BCUT2D eigenvalue weighted by atomic mass is 32.2. The number of rotatable bonds is 6. The second-order valence-electron chi connectivity index (χ2n) is 8.96. The van der Waals surface area contributed by atoms with Gasteiger partial charge in [0.2, 0.25) is 21.8 Å². The second-order valence-corrected chi connectivity index (χ2v) is 10.7. The van der Waals surface area contributed by atoms with Crippen molar-refractivity contribution in [2.24, 2.45) is 0 Å². The Morgan fingerprint density at radius 3 is 2.26 bits per heavy atom. The number of carbonyl (C=O) groups is 3.